The van der Waals surface area contributed by atoms with E-state index in [2.05, 4.69) is 104 Å². The minimum Gasteiger partial charge on any atom is -0.0984 e. The molecule has 0 saturated carbocycles. The lowest BCUT2D eigenvalue weighted by atomic mass is 9.98. The van der Waals surface area contributed by atoms with Crippen LogP contribution in [0.1, 0.15) is 11.1 Å². The van der Waals surface area contributed by atoms with Crippen molar-refractivity contribution in [3.63, 3.8) is 0 Å². The Kier molecular flexibility index (Phi) is 6.12. The zero-order valence-corrected chi connectivity index (χ0v) is 17.5. The molecule has 4 aromatic rings. The normalized spacial score (nSPS) is 11.1. The summed E-state index contributed by atoms with van der Waals surface area (Å²) in [5, 5.41) is 0. The van der Waals surface area contributed by atoms with Crippen molar-refractivity contribution in [3.05, 3.63) is 139 Å². The predicted molar refractivity (Wildman–Crippen MR) is 134 cm³/mol. The molecule has 0 fully saturated rings. The molecule has 0 spiro atoms. The average molecular weight is 403 g/mol. The molecule has 4 aromatic carbocycles. The van der Waals surface area contributed by atoms with Gasteiger partial charge in [0.1, 0.15) is 0 Å². The fraction of sp³-hybridized carbons (Fsp3) is 0. The molecule has 0 saturated heterocycles. The Bertz CT molecular complexity index is 1170. The Morgan fingerprint density at radius 1 is 0.533 bits per heavy atom. The van der Waals surface area contributed by atoms with Crippen molar-refractivity contribution in [2.24, 2.45) is 0 Å². The van der Waals surface area contributed by atoms with Gasteiger partial charge in [-0.2, -0.15) is 0 Å². The predicted octanol–water partition coefficient (Wildman–Crippen LogP) is 8.01. The molecule has 0 aromatic heterocycles. The van der Waals surface area contributed by atoms with Crippen molar-refractivity contribution in [1.82, 2.24) is 0 Å². The Morgan fingerprint density at radius 3 is 1.37 bits per heavy atom. The van der Waals surface area contributed by atoms with Crippen LogP contribution in [-0.4, -0.2) is 4.86 Å². The Hall–Kier alpha value is -3.55. The summed E-state index contributed by atoms with van der Waals surface area (Å²) in [5.41, 5.74) is 7.95. The third-order valence-corrected chi connectivity index (χ3v) is 5.46. The molecule has 0 amide bonds. The summed E-state index contributed by atoms with van der Waals surface area (Å²) in [6.45, 7) is 3.99. The molecule has 1 heteroatoms. The first kappa shape index (κ1) is 19.8. The molecule has 0 N–H and O–H groups in total. The van der Waals surface area contributed by atoms with Crippen molar-refractivity contribution >= 4 is 22.7 Å². The van der Waals surface area contributed by atoms with E-state index in [1.807, 2.05) is 24.3 Å². The molecular formula is C29H22S. The summed E-state index contributed by atoms with van der Waals surface area (Å²) in [7, 11) is 0. The molecule has 0 aliphatic carbocycles. The average Bonchev–Trinajstić information content (AvgIpc) is 2.84. The van der Waals surface area contributed by atoms with Gasteiger partial charge in [0, 0.05) is 4.86 Å². The highest BCUT2D eigenvalue weighted by molar-refractivity contribution is 7.81. The largest absolute Gasteiger partial charge is 0.0984 e. The van der Waals surface area contributed by atoms with E-state index < -0.39 is 0 Å². The van der Waals surface area contributed by atoms with Crippen LogP contribution in [0.15, 0.2) is 128 Å². The van der Waals surface area contributed by atoms with Crippen molar-refractivity contribution in [1.29, 1.82) is 0 Å². The first-order chi connectivity index (χ1) is 14.7. The lowest BCUT2D eigenvalue weighted by Gasteiger charge is -2.08. The molecule has 30 heavy (non-hydrogen) atoms. The van der Waals surface area contributed by atoms with E-state index in [9.17, 15) is 0 Å². The molecule has 0 aliphatic rings. The lowest BCUT2D eigenvalue weighted by molar-refractivity contribution is 1.58. The molecule has 0 nitrogen and oxygen atoms in total. The molecule has 0 radical (unpaired) electrons. The highest BCUT2D eigenvalue weighted by atomic mass is 32.1. The van der Waals surface area contributed by atoms with Crippen LogP contribution < -0.4 is 0 Å². The Labute approximate surface area is 183 Å². The summed E-state index contributed by atoms with van der Waals surface area (Å²) in [6.07, 6.45) is 3.89. The molecular weight excluding hydrogens is 380 g/mol. The number of hydrogen-bond acceptors (Lipinski definition) is 1. The van der Waals surface area contributed by atoms with Crippen LogP contribution in [0.2, 0.25) is 0 Å². The van der Waals surface area contributed by atoms with Crippen LogP contribution in [-0.2, 0) is 0 Å². The van der Waals surface area contributed by atoms with Gasteiger partial charge < -0.3 is 0 Å². The molecule has 144 valence electrons. The van der Waals surface area contributed by atoms with Crippen LogP contribution in [0.25, 0.3) is 27.8 Å². The minimum atomic E-state index is 0.802. The fourth-order valence-electron chi connectivity index (χ4n) is 3.43. The molecule has 0 heterocycles. The van der Waals surface area contributed by atoms with Gasteiger partial charge in [0.2, 0.25) is 0 Å². The van der Waals surface area contributed by atoms with E-state index in [4.69, 9.17) is 12.2 Å². The number of thiocarbonyl (C=S) groups is 1. The van der Waals surface area contributed by atoms with Gasteiger partial charge in [-0.15, -0.1) is 0 Å². The summed E-state index contributed by atoms with van der Waals surface area (Å²) >= 11 is 5.70. The van der Waals surface area contributed by atoms with Gasteiger partial charge in [0.15, 0.2) is 0 Å². The number of rotatable bonds is 6. The molecule has 0 aliphatic heterocycles. The maximum absolute atomic E-state index is 5.70. The zero-order valence-electron chi connectivity index (χ0n) is 16.7. The van der Waals surface area contributed by atoms with Gasteiger partial charge in [0.25, 0.3) is 0 Å². The minimum absolute atomic E-state index is 0.802. The van der Waals surface area contributed by atoms with Gasteiger partial charge in [-0.25, -0.2) is 0 Å². The fourth-order valence-corrected chi connectivity index (χ4v) is 3.69. The molecule has 0 bridgehead atoms. The smallest absolute Gasteiger partial charge is 0.0455 e. The molecule has 0 atom stereocenters. The van der Waals surface area contributed by atoms with Gasteiger partial charge in [0.05, 0.1) is 0 Å². The number of hydrogen-bond donors (Lipinski definition) is 0. The molecule has 4 rings (SSSR count). The quantitative estimate of drug-likeness (QED) is 0.136. The van der Waals surface area contributed by atoms with Crippen molar-refractivity contribution in [3.8, 4) is 22.3 Å². The van der Waals surface area contributed by atoms with Crippen LogP contribution >= 0.6 is 12.2 Å². The SMILES string of the molecule is C=C/C(=C\C(=S)c1ccc(-c2ccccc2)cc1)c1ccc(-c2ccccc2)cc1. The van der Waals surface area contributed by atoms with Crippen LogP contribution in [0.3, 0.4) is 0 Å². The van der Waals surface area contributed by atoms with Gasteiger partial charge in [-0.1, -0.05) is 134 Å². The van der Waals surface area contributed by atoms with Gasteiger partial charge in [-0.3, -0.25) is 0 Å². The Morgan fingerprint density at radius 2 is 0.933 bits per heavy atom. The van der Waals surface area contributed by atoms with E-state index >= 15 is 0 Å². The maximum atomic E-state index is 5.70. The summed E-state index contributed by atoms with van der Waals surface area (Å²) < 4.78 is 0. The summed E-state index contributed by atoms with van der Waals surface area (Å²) in [5.74, 6) is 0. The Balaban J connectivity index is 1.55. The van der Waals surface area contributed by atoms with E-state index in [-0.39, 0.29) is 0 Å². The number of benzene rings is 4. The maximum Gasteiger partial charge on any atom is 0.0455 e. The van der Waals surface area contributed by atoms with Crippen molar-refractivity contribution < 1.29 is 0 Å². The van der Waals surface area contributed by atoms with Crippen LogP contribution in [0, 0.1) is 0 Å². The van der Waals surface area contributed by atoms with Gasteiger partial charge in [-0.05, 0) is 45.0 Å². The van der Waals surface area contributed by atoms with E-state index in [0.717, 1.165) is 21.6 Å². The first-order valence-corrected chi connectivity index (χ1v) is 10.4. The third-order valence-electron chi connectivity index (χ3n) is 5.11. The second-order valence-electron chi connectivity index (χ2n) is 7.05. The van der Waals surface area contributed by atoms with E-state index in [1.54, 1.807) is 0 Å². The number of allylic oxidation sites excluding steroid dienone is 3. The summed E-state index contributed by atoms with van der Waals surface area (Å²) in [4.78, 5) is 0.802. The monoisotopic (exact) mass is 402 g/mol. The highest BCUT2D eigenvalue weighted by Crippen LogP contribution is 2.24. The third kappa shape index (κ3) is 4.53. The summed E-state index contributed by atoms with van der Waals surface area (Å²) in [6, 6.07) is 37.7. The van der Waals surface area contributed by atoms with Crippen LogP contribution in [0.5, 0.6) is 0 Å². The second kappa shape index (κ2) is 9.30. The van der Waals surface area contributed by atoms with Crippen LogP contribution in [0.4, 0.5) is 0 Å². The van der Waals surface area contributed by atoms with E-state index in [0.29, 0.717) is 0 Å². The molecule has 0 unspecified atom stereocenters. The topological polar surface area (TPSA) is 0 Å². The zero-order chi connectivity index (χ0) is 20.8. The lowest BCUT2D eigenvalue weighted by Crippen LogP contribution is -1.94. The highest BCUT2D eigenvalue weighted by Gasteiger charge is 2.05. The van der Waals surface area contributed by atoms with E-state index in [1.165, 1.54) is 22.3 Å². The van der Waals surface area contributed by atoms with Crippen molar-refractivity contribution in [2.45, 2.75) is 0 Å². The van der Waals surface area contributed by atoms with Gasteiger partial charge >= 0.3 is 0 Å². The second-order valence-corrected chi connectivity index (χ2v) is 7.49. The van der Waals surface area contributed by atoms with Crippen molar-refractivity contribution in [2.75, 3.05) is 0 Å². The first-order valence-electron chi connectivity index (χ1n) is 9.94. The standard InChI is InChI=1S/C29H22S/c1-2-22(25-13-15-26(16-14-25)23-9-5-3-6-10-23)21-29(30)28-19-17-27(18-20-28)24-11-7-4-8-12-24/h2-21H,1H2/b22-21+.